The van der Waals surface area contributed by atoms with Crippen molar-refractivity contribution in [2.45, 2.75) is 13.3 Å². The Morgan fingerprint density at radius 3 is 2.40 bits per heavy atom. The van der Waals surface area contributed by atoms with Crippen molar-refractivity contribution in [2.75, 3.05) is 19.8 Å². The van der Waals surface area contributed by atoms with Gasteiger partial charge in [0.25, 0.3) is 0 Å². The van der Waals surface area contributed by atoms with Crippen molar-refractivity contribution >= 4 is 0 Å². The van der Waals surface area contributed by atoms with Gasteiger partial charge in [0, 0.05) is 4.92 Å². The Balaban J connectivity index is 2.40. The normalized spacial score (nSPS) is 21.7. The molecule has 0 unspecified atom stereocenters. The lowest BCUT2D eigenvalue weighted by Crippen LogP contribution is -2.47. The lowest BCUT2D eigenvalue weighted by atomic mass is 9.83. The second-order valence-electron chi connectivity index (χ2n) is 2.84. The molecular formula is C6H11NO3. The molecule has 0 aromatic rings. The van der Waals surface area contributed by atoms with Crippen LogP contribution < -0.4 is 0 Å². The zero-order chi connectivity index (χ0) is 7.61. The Bertz CT molecular complexity index is 136. The summed E-state index contributed by atoms with van der Waals surface area (Å²) < 4.78 is 4.93. The predicted octanol–water partition coefficient (Wildman–Crippen LogP) is 0.690. The van der Waals surface area contributed by atoms with E-state index in [4.69, 9.17) is 4.74 Å². The zero-order valence-electron chi connectivity index (χ0n) is 6.00. The minimum atomic E-state index is -0.258. The number of hydrogen-bond acceptors (Lipinski definition) is 3. The summed E-state index contributed by atoms with van der Waals surface area (Å²) in [5, 5.41) is 10.1. The Kier molecular flexibility index (Phi) is 1.89. The molecule has 0 aromatic heterocycles. The lowest BCUT2D eigenvalue weighted by molar-refractivity contribution is -0.507. The highest BCUT2D eigenvalue weighted by molar-refractivity contribution is 4.83. The smallest absolute Gasteiger partial charge is 0.213 e. The van der Waals surface area contributed by atoms with E-state index in [1.165, 1.54) is 0 Å². The molecule has 0 atom stereocenters. The molecular weight excluding hydrogens is 134 g/mol. The standard InChI is InChI=1S/C6H11NO3/c1-2-6(3-7(8)9)4-10-5-6/h2-5H2,1H3. The van der Waals surface area contributed by atoms with Crippen LogP contribution in [-0.4, -0.2) is 24.7 Å². The third kappa shape index (κ3) is 1.26. The topological polar surface area (TPSA) is 52.4 Å². The van der Waals surface area contributed by atoms with Gasteiger partial charge in [-0.2, -0.15) is 0 Å². The van der Waals surface area contributed by atoms with Gasteiger partial charge in [0.15, 0.2) is 0 Å². The summed E-state index contributed by atoms with van der Waals surface area (Å²) >= 11 is 0. The molecule has 0 N–H and O–H groups in total. The van der Waals surface area contributed by atoms with Gasteiger partial charge in [-0.05, 0) is 6.42 Å². The van der Waals surface area contributed by atoms with Crippen molar-refractivity contribution in [3.05, 3.63) is 10.1 Å². The molecule has 58 valence electrons. The lowest BCUT2D eigenvalue weighted by Gasteiger charge is -2.36. The molecule has 0 radical (unpaired) electrons. The molecule has 0 bridgehead atoms. The molecule has 1 aliphatic heterocycles. The average molecular weight is 145 g/mol. The molecule has 0 amide bonds. The van der Waals surface area contributed by atoms with Crippen LogP contribution in [0.1, 0.15) is 13.3 Å². The van der Waals surface area contributed by atoms with Crippen LogP contribution in [0.25, 0.3) is 0 Å². The van der Waals surface area contributed by atoms with Crippen LogP contribution in [0.3, 0.4) is 0 Å². The van der Waals surface area contributed by atoms with Crippen molar-refractivity contribution < 1.29 is 9.66 Å². The van der Waals surface area contributed by atoms with E-state index in [0.29, 0.717) is 13.2 Å². The van der Waals surface area contributed by atoms with Crippen LogP contribution in [0.2, 0.25) is 0 Å². The maximum Gasteiger partial charge on any atom is 0.213 e. The summed E-state index contributed by atoms with van der Waals surface area (Å²) in [7, 11) is 0. The summed E-state index contributed by atoms with van der Waals surface area (Å²) in [6, 6.07) is 0. The van der Waals surface area contributed by atoms with Gasteiger partial charge >= 0.3 is 0 Å². The second kappa shape index (κ2) is 2.54. The van der Waals surface area contributed by atoms with E-state index in [0.717, 1.165) is 6.42 Å². The second-order valence-corrected chi connectivity index (χ2v) is 2.84. The quantitative estimate of drug-likeness (QED) is 0.433. The number of nitro groups is 1. The van der Waals surface area contributed by atoms with Gasteiger partial charge in [0.2, 0.25) is 6.54 Å². The number of ether oxygens (including phenoxy) is 1. The van der Waals surface area contributed by atoms with Crippen LogP contribution in [-0.2, 0) is 4.74 Å². The predicted molar refractivity (Wildman–Crippen MR) is 35.4 cm³/mol. The van der Waals surface area contributed by atoms with Crippen LogP contribution in [0.15, 0.2) is 0 Å². The average Bonchev–Trinajstić information content (AvgIpc) is 1.78. The van der Waals surface area contributed by atoms with Gasteiger partial charge in [-0.15, -0.1) is 0 Å². The first-order valence-electron chi connectivity index (χ1n) is 3.38. The fourth-order valence-corrected chi connectivity index (χ4v) is 1.07. The Morgan fingerprint density at radius 2 is 2.30 bits per heavy atom. The Labute approximate surface area is 59.3 Å². The molecule has 1 rings (SSSR count). The number of rotatable bonds is 3. The summed E-state index contributed by atoms with van der Waals surface area (Å²) in [6.07, 6.45) is 0.841. The van der Waals surface area contributed by atoms with E-state index >= 15 is 0 Å². The van der Waals surface area contributed by atoms with Crippen LogP contribution in [0.5, 0.6) is 0 Å². The van der Waals surface area contributed by atoms with Crippen LogP contribution in [0.4, 0.5) is 0 Å². The van der Waals surface area contributed by atoms with Gasteiger partial charge in [-0.25, -0.2) is 0 Å². The highest BCUT2D eigenvalue weighted by Crippen LogP contribution is 2.30. The SMILES string of the molecule is CCC1(C[N+](=O)[O-])COC1. The van der Waals surface area contributed by atoms with E-state index < -0.39 is 0 Å². The Hall–Kier alpha value is -0.640. The first kappa shape index (κ1) is 7.47. The molecule has 1 heterocycles. The van der Waals surface area contributed by atoms with Crippen molar-refractivity contribution in [3.8, 4) is 0 Å². The van der Waals surface area contributed by atoms with E-state index in [1.807, 2.05) is 6.92 Å². The van der Waals surface area contributed by atoms with E-state index in [2.05, 4.69) is 0 Å². The molecule has 0 aromatic carbocycles. The molecule has 1 saturated heterocycles. The Morgan fingerprint density at radius 1 is 1.70 bits per heavy atom. The summed E-state index contributed by atoms with van der Waals surface area (Å²) in [5.41, 5.74) is -0.135. The molecule has 4 nitrogen and oxygen atoms in total. The highest BCUT2D eigenvalue weighted by Gasteiger charge is 2.41. The first-order valence-corrected chi connectivity index (χ1v) is 3.38. The van der Waals surface area contributed by atoms with Crippen molar-refractivity contribution in [2.24, 2.45) is 5.41 Å². The van der Waals surface area contributed by atoms with Crippen molar-refractivity contribution in [1.82, 2.24) is 0 Å². The monoisotopic (exact) mass is 145 g/mol. The van der Waals surface area contributed by atoms with E-state index in [-0.39, 0.29) is 16.9 Å². The summed E-state index contributed by atoms with van der Waals surface area (Å²) in [4.78, 5) is 9.86. The fraction of sp³-hybridized carbons (Fsp3) is 1.00. The third-order valence-electron chi connectivity index (χ3n) is 2.03. The summed E-state index contributed by atoms with van der Waals surface area (Å²) in [5.74, 6) is 0. The minimum absolute atomic E-state index is 0.0590. The third-order valence-corrected chi connectivity index (χ3v) is 2.03. The molecule has 0 saturated carbocycles. The van der Waals surface area contributed by atoms with Gasteiger partial charge in [0.1, 0.15) is 0 Å². The zero-order valence-corrected chi connectivity index (χ0v) is 6.00. The minimum Gasteiger partial charge on any atom is -0.380 e. The molecule has 10 heavy (non-hydrogen) atoms. The van der Waals surface area contributed by atoms with Gasteiger partial charge in [0.05, 0.1) is 18.6 Å². The molecule has 4 heteroatoms. The van der Waals surface area contributed by atoms with Crippen LogP contribution >= 0.6 is 0 Å². The fourth-order valence-electron chi connectivity index (χ4n) is 1.07. The van der Waals surface area contributed by atoms with Crippen LogP contribution in [0, 0.1) is 15.5 Å². The maximum absolute atomic E-state index is 10.1. The van der Waals surface area contributed by atoms with E-state index in [9.17, 15) is 10.1 Å². The number of hydrogen-bond donors (Lipinski definition) is 0. The molecule has 0 spiro atoms. The van der Waals surface area contributed by atoms with Crippen molar-refractivity contribution in [3.63, 3.8) is 0 Å². The molecule has 0 aliphatic carbocycles. The molecule has 1 fully saturated rings. The van der Waals surface area contributed by atoms with Crippen molar-refractivity contribution in [1.29, 1.82) is 0 Å². The summed E-state index contributed by atoms with van der Waals surface area (Å²) in [6.45, 7) is 3.14. The van der Waals surface area contributed by atoms with Gasteiger partial charge in [-0.3, -0.25) is 10.1 Å². The van der Waals surface area contributed by atoms with Gasteiger partial charge < -0.3 is 4.74 Å². The first-order chi connectivity index (χ1) is 4.68. The largest absolute Gasteiger partial charge is 0.380 e. The van der Waals surface area contributed by atoms with E-state index in [1.54, 1.807) is 0 Å². The maximum atomic E-state index is 10.1. The number of nitrogens with zero attached hydrogens (tertiary/aromatic N) is 1. The molecule has 1 aliphatic rings. The highest BCUT2D eigenvalue weighted by atomic mass is 16.6. The van der Waals surface area contributed by atoms with Gasteiger partial charge in [-0.1, -0.05) is 6.92 Å².